The number of halogens is 1. The molecule has 0 unspecified atom stereocenters. The molecular weight excluding hydrogens is 350 g/mol. The summed E-state index contributed by atoms with van der Waals surface area (Å²) in [6, 6.07) is 4.49. The molecule has 2 amide bonds. The zero-order chi connectivity index (χ0) is 18.7. The van der Waals surface area contributed by atoms with E-state index in [0.717, 1.165) is 0 Å². The molecule has 2 N–H and O–H groups in total. The number of aromatic nitrogens is 2. The summed E-state index contributed by atoms with van der Waals surface area (Å²) in [4.78, 5) is 34.4. The highest BCUT2D eigenvalue weighted by molar-refractivity contribution is 6.34. The Morgan fingerprint density at radius 1 is 1.36 bits per heavy atom. The lowest BCUT2D eigenvalue weighted by Crippen LogP contribution is -2.21. The van der Waals surface area contributed by atoms with Crippen LogP contribution in [0.15, 0.2) is 18.2 Å². The second-order valence-electron chi connectivity index (χ2n) is 5.26. The molecule has 1 aromatic heterocycles. The van der Waals surface area contributed by atoms with E-state index in [1.165, 1.54) is 37.7 Å². The molecule has 0 spiro atoms. The minimum Gasteiger partial charge on any atom is -0.355 e. The molecule has 2 aromatic rings. The number of nitro groups is 1. The average Bonchev–Trinajstić information content (AvgIpc) is 2.82. The maximum absolute atomic E-state index is 12.2. The van der Waals surface area contributed by atoms with Crippen LogP contribution in [0.2, 0.25) is 5.02 Å². The van der Waals surface area contributed by atoms with Crippen molar-refractivity contribution in [1.29, 1.82) is 0 Å². The lowest BCUT2D eigenvalue weighted by atomic mass is 10.2. The summed E-state index contributed by atoms with van der Waals surface area (Å²) in [7, 11) is 1.47. The number of anilines is 1. The van der Waals surface area contributed by atoms with Crippen molar-refractivity contribution in [2.24, 2.45) is 0 Å². The average molecular weight is 366 g/mol. The molecule has 0 aliphatic heterocycles. The second kappa shape index (κ2) is 7.31. The third kappa shape index (κ3) is 3.94. The lowest BCUT2D eigenvalue weighted by Gasteiger charge is -2.09. The number of rotatable bonds is 5. The van der Waals surface area contributed by atoms with E-state index < -0.39 is 10.8 Å². The summed E-state index contributed by atoms with van der Waals surface area (Å²) >= 11 is 5.96. The standard InChI is InChI=1S/C15H16ClN5O4/c1-8-14(21(24)25)9(2)20(19-8)7-13(22)18-10-4-5-12(16)11(6-10)15(23)17-3/h4-6H,7H2,1-3H3,(H,17,23)(H,18,22). The molecule has 0 saturated carbocycles. The Hall–Kier alpha value is -2.94. The molecule has 25 heavy (non-hydrogen) atoms. The summed E-state index contributed by atoms with van der Waals surface area (Å²) < 4.78 is 1.26. The first kappa shape index (κ1) is 18.4. The molecular formula is C15H16ClN5O4. The van der Waals surface area contributed by atoms with Gasteiger partial charge in [-0.05, 0) is 32.0 Å². The summed E-state index contributed by atoms with van der Waals surface area (Å²) in [6.45, 7) is 2.84. The number of nitrogens with zero attached hydrogens (tertiary/aromatic N) is 3. The fourth-order valence-electron chi connectivity index (χ4n) is 2.35. The highest BCUT2D eigenvalue weighted by atomic mass is 35.5. The number of amides is 2. The first-order valence-electron chi connectivity index (χ1n) is 7.24. The van der Waals surface area contributed by atoms with Gasteiger partial charge in [-0.25, -0.2) is 0 Å². The number of carbonyl (C=O) groups excluding carboxylic acids is 2. The zero-order valence-electron chi connectivity index (χ0n) is 13.8. The van der Waals surface area contributed by atoms with E-state index >= 15 is 0 Å². The molecule has 0 saturated heterocycles. The van der Waals surface area contributed by atoms with Gasteiger partial charge >= 0.3 is 5.69 Å². The van der Waals surface area contributed by atoms with Crippen LogP contribution in [0.3, 0.4) is 0 Å². The lowest BCUT2D eigenvalue weighted by molar-refractivity contribution is -0.386. The van der Waals surface area contributed by atoms with Crippen LogP contribution in [-0.4, -0.2) is 33.6 Å². The van der Waals surface area contributed by atoms with Gasteiger partial charge in [0.05, 0.1) is 15.5 Å². The van der Waals surface area contributed by atoms with Crippen molar-refractivity contribution in [1.82, 2.24) is 15.1 Å². The predicted molar refractivity (Wildman–Crippen MR) is 91.8 cm³/mol. The molecule has 2 rings (SSSR count). The van der Waals surface area contributed by atoms with E-state index in [-0.39, 0.29) is 34.4 Å². The SMILES string of the molecule is CNC(=O)c1cc(NC(=O)Cn2nc(C)c([N+](=O)[O-])c2C)ccc1Cl. The van der Waals surface area contributed by atoms with Crippen LogP contribution in [0.5, 0.6) is 0 Å². The van der Waals surface area contributed by atoms with E-state index in [2.05, 4.69) is 15.7 Å². The van der Waals surface area contributed by atoms with Crippen LogP contribution < -0.4 is 10.6 Å². The van der Waals surface area contributed by atoms with E-state index in [9.17, 15) is 19.7 Å². The van der Waals surface area contributed by atoms with E-state index in [1.54, 1.807) is 6.07 Å². The minimum atomic E-state index is -0.527. The number of aryl methyl sites for hydroxylation is 1. The Morgan fingerprint density at radius 3 is 2.60 bits per heavy atom. The second-order valence-corrected chi connectivity index (χ2v) is 5.66. The third-order valence-corrected chi connectivity index (χ3v) is 3.87. The third-order valence-electron chi connectivity index (χ3n) is 3.54. The highest BCUT2D eigenvalue weighted by Crippen LogP contribution is 2.23. The molecule has 1 aromatic carbocycles. The van der Waals surface area contributed by atoms with Crippen molar-refractivity contribution in [2.75, 3.05) is 12.4 Å². The zero-order valence-corrected chi connectivity index (χ0v) is 14.5. The first-order chi connectivity index (χ1) is 11.7. The van der Waals surface area contributed by atoms with Crippen LogP contribution >= 0.6 is 11.6 Å². The molecule has 0 aliphatic rings. The number of hydrogen-bond acceptors (Lipinski definition) is 5. The normalized spacial score (nSPS) is 10.4. The fraction of sp³-hybridized carbons (Fsp3) is 0.267. The van der Waals surface area contributed by atoms with Crippen molar-refractivity contribution in [3.05, 3.63) is 50.3 Å². The Bertz CT molecular complexity index is 862. The molecule has 0 atom stereocenters. The minimum absolute atomic E-state index is 0.110. The van der Waals surface area contributed by atoms with Gasteiger partial charge in [0.25, 0.3) is 5.91 Å². The highest BCUT2D eigenvalue weighted by Gasteiger charge is 2.22. The van der Waals surface area contributed by atoms with Crippen LogP contribution in [0, 0.1) is 24.0 Å². The van der Waals surface area contributed by atoms with Gasteiger partial charge in [0.1, 0.15) is 17.9 Å². The molecule has 0 fully saturated rings. The summed E-state index contributed by atoms with van der Waals surface area (Å²) in [5, 5.41) is 20.3. The van der Waals surface area contributed by atoms with E-state index in [4.69, 9.17) is 11.6 Å². The predicted octanol–water partition coefficient (Wildman–Crippen LogP) is 2.06. The van der Waals surface area contributed by atoms with E-state index in [0.29, 0.717) is 11.4 Å². The quantitative estimate of drug-likeness (QED) is 0.620. The summed E-state index contributed by atoms with van der Waals surface area (Å²) in [5.41, 5.74) is 1.03. The number of benzene rings is 1. The largest absolute Gasteiger partial charge is 0.355 e. The Morgan fingerprint density at radius 2 is 2.04 bits per heavy atom. The van der Waals surface area contributed by atoms with Gasteiger partial charge in [-0.15, -0.1) is 0 Å². The first-order valence-corrected chi connectivity index (χ1v) is 7.62. The molecule has 1 heterocycles. The van der Waals surface area contributed by atoms with Gasteiger partial charge in [0, 0.05) is 12.7 Å². The van der Waals surface area contributed by atoms with Crippen molar-refractivity contribution in [2.45, 2.75) is 20.4 Å². The summed E-state index contributed by atoms with van der Waals surface area (Å²) in [5.74, 6) is -0.819. The van der Waals surface area contributed by atoms with Crippen molar-refractivity contribution >= 4 is 34.8 Å². The monoisotopic (exact) mass is 365 g/mol. The van der Waals surface area contributed by atoms with Crippen molar-refractivity contribution < 1.29 is 14.5 Å². The molecule has 10 heteroatoms. The number of carbonyl (C=O) groups is 2. The molecule has 9 nitrogen and oxygen atoms in total. The topological polar surface area (TPSA) is 119 Å². The Balaban J connectivity index is 2.17. The molecule has 132 valence electrons. The fourth-order valence-corrected chi connectivity index (χ4v) is 2.56. The van der Waals surface area contributed by atoms with Gasteiger partial charge in [0.2, 0.25) is 5.91 Å². The molecule has 0 bridgehead atoms. The molecule has 0 radical (unpaired) electrons. The maximum Gasteiger partial charge on any atom is 0.312 e. The van der Waals surface area contributed by atoms with Gasteiger partial charge < -0.3 is 10.6 Å². The van der Waals surface area contributed by atoms with Crippen molar-refractivity contribution in [3.63, 3.8) is 0 Å². The number of nitrogens with one attached hydrogen (secondary N) is 2. The van der Waals surface area contributed by atoms with Gasteiger partial charge in [0.15, 0.2) is 0 Å². The van der Waals surface area contributed by atoms with E-state index in [1.807, 2.05) is 0 Å². The van der Waals surface area contributed by atoms with Crippen LogP contribution in [0.4, 0.5) is 11.4 Å². The van der Waals surface area contributed by atoms with Crippen LogP contribution in [-0.2, 0) is 11.3 Å². The summed E-state index contributed by atoms with van der Waals surface area (Å²) in [6.07, 6.45) is 0. The van der Waals surface area contributed by atoms with Gasteiger partial charge in [-0.1, -0.05) is 11.6 Å². The maximum atomic E-state index is 12.2. The Kier molecular flexibility index (Phi) is 5.38. The smallest absolute Gasteiger partial charge is 0.312 e. The molecule has 0 aliphatic carbocycles. The van der Waals surface area contributed by atoms with Gasteiger partial charge in [-0.2, -0.15) is 5.10 Å². The van der Waals surface area contributed by atoms with Crippen LogP contribution in [0.1, 0.15) is 21.7 Å². The van der Waals surface area contributed by atoms with Crippen molar-refractivity contribution in [3.8, 4) is 0 Å². The van der Waals surface area contributed by atoms with Gasteiger partial charge in [-0.3, -0.25) is 24.4 Å². The Labute approximate surface area is 148 Å². The van der Waals surface area contributed by atoms with Crippen LogP contribution in [0.25, 0.3) is 0 Å². The number of hydrogen-bond donors (Lipinski definition) is 2.